The van der Waals surface area contributed by atoms with Crippen LogP contribution >= 0.6 is 11.6 Å². The van der Waals surface area contributed by atoms with Gasteiger partial charge in [0.1, 0.15) is 0 Å². The van der Waals surface area contributed by atoms with E-state index >= 15 is 0 Å². The van der Waals surface area contributed by atoms with E-state index in [2.05, 4.69) is 18.5 Å². The number of hydrogen-bond donors (Lipinski definition) is 1. The van der Waals surface area contributed by atoms with Gasteiger partial charge in [-0.2, -0.15) is 0 Å². The third-order valence-electron chi connectivity index (χ3n) is 2.16. The van der Waals surface area contributed by atoms with E-state index in [1.165, 1.54) is 12.8 Å². The summed E-state index contributed by atoms with van der Waals surface area (Å²) >= 11 is 5.79. The van der Waals surface area contributed by atoms with Crippen molar-refractivity contribution in [1.82, 2.24) is 4.90 Å². The minimum absolute atomic E-state index is 0.567. The highest BCUT2D eigenvalue weighted by Gasteiger charge is 2.17. The quantitative estimate of drug-likeness (QED) is 0.768. The van der Waals surface area contributed by atoms with E-state index in [0.717, 1.165) is 25.2 Å². The molecular formula is C13H30ClNO. The largest absolute Gasteiger partial charge is 0.400 e. The van der Waals surface area contributed by atoms with Crippen LogP contribution in [-0.2, 0) is 0 Å². The van der Waals surface area contributed by atoms with Crippen LogP contribution in [0.2, 0.25) is 0 Å². The normalized spacial score (nSPS) is 15.5. The van der Waals surface area contributed by atoms with Gasteiger partial charge in [0, 0.05) is 12.1 Å². The second-order valence-corrected chi connectivity index (χ2v) is 3.51. The van der Waals surface area contributed by atoms with Crippen molar-refractivity contribution in [2.24, 2.45) is 5.92 Å². The average Bonchev–Trinajstić information content (AvgIpc) is 2.37. The van der Waals surface area contributed by atoms with Crippen molar-refractivity contribution in [1.29, 1.82) is 0 Å². The lowest BCUT2D eigenvalue weighted by molar-refractivity contribution is 0.242. The molecule has 2 nitrogen and oxygen atoms in total. The lowest BCUT2D eigenvalue weighted by atomic mass is 9.97. The molecule has 1 aliphatic rings. The summed E-state index contributed by atoms with van der Waals surface area (Å²) in [6.07, 6.45) is 2.36. The van der Waals surface area contributed by atoms with Gasteiger partial charge in [0.2, 0.25) is 0 Å². The number of piperidine rings is 1. The van der Waals surface area contributed by atoms with Gasteiger partial charge in [-0.15, -0.1) is 0 Å². The zero-order valence-electron chi connectivity index (χ0n) is 11.9. The predicted octanol–water partition coefficient (Wildman–Crippen LogP) is 3.74. The first-order valence-electron chi connectivity index (χ1n) is 6.17. The molecule has 16 heavy (non-hydrogen) atoms. The van der Waals surface area contributed by atoms with Crippen LogP contribution in [-0.4, -0.2) is 37.3 Å². The molecule has 0 unspecified atom stereocenters. The van der Waals surface area contributed by atoms with Crippen LogP contribution in [0.3, 0.4) is 0 Å². The van der Waals surface area contributed by atoms with E-state index in [1.54, 1.807) is 0 Å². The second-order valence-electron chi connectivity index (χ2n) is 3.02. The summed E-state index contributed by atoms with van der Waals surface area (Å²) in [5, 5.41) is 7.84. The first kappa shape index (κ1) is 21.3. The summed E-state index contributed by atoms with van der Waals surface area (Å²) in [6.45, 7) is 14.1. The first-order valence-corrected chi connectivity index (χ1v) is 6.55. The fraction of sp³-hybridized carbons (Fsp3) is 0.846. The molecule has 0 radical (unpaired) electrons. The number of aliphatic hydroxyl groups is 1. The van der Waals surface area contributed by atoms with Crippen molar-refractivity contribution < 1.29 is 5.11 Å². The van der Waals surface area contributed by atoms with Crippen molar-refractivity contribution in [3.05, 3.63) is 11.6 Å². The number of allylic oxidation sites excluding steroid dienone is 1. The predicted molar refractivity (Wildman–Crippen MR) is 76.1 cm³/mol. The van der Waals surface area contributed by atoms with Gasteiger partial charge >= 0.3 is 0 Å². The summed E-state index contributed by atoms with van der Waals surface area (Å²) in [4.78, 5) is 2.33. The number of hydrogen-bond acceptors (Lipinski definition) is 2. The molecular weight excluding hydrogens is 222 g/mol. The van der Waals surface area contributed by atoms with Crippen LogP contribution in [0.5, 0.6) is 0 Å². The zero-order chi connectivity index (χ0) is 13.6. The van der Waals surface area contributed by atoms with Gasteiger partial charge in [0.15, 0.2) is 0 Å². The molecule has 3 heteroatoms. The number of nitrogens with zero attached hydrogens (tertiary/aromatic N) is 1. The Hall–Kier alpha value is -0.0500. The maximum absolute atomic E-state index is 7.00. The molecule has 1 rings (SSSR count). The summed E-state index contributed by atoms with van der Waals surface area (Å²) in [5.41, 5.74) is 0. The first-order chi connectivity index (χ1) is 7.70. The second kappa shape index (κ2) is 17.3. The summed E-state index contributed by atoms with van der Waals surface area (Å²) in [7, 11) is 3.15. The molecule has 1 fully saturated rings. The zero-order valence-corrected chi connectivity index (χ0v) is 12.6. The van der Waals surface area contributed by atoms with Crippen LogP contribution < -0.4 is 0 Å². The fourth-order valence-electron chi connectivity index (χ4n) is 1.32. The van der Waals surface area contributed by atoms with Crippen LogP contribution in [0.1, 0.15) is 40.5 Å². The maximum Gasteiger partial charge on any atom is 0.0319 e. The Balaban J connectivity index is -0.000000245. The third kappa shape index (κ3) is 12.0. The molecule has 0 aromatic rings. The smallest absolute Gasteiger partial charge is 0.0319 e. The van der Waals surface area contributed by atoms with Crippen LogP contribution in [0.15, 0.2) is 11.6 Å². The summed E-state index contributed by atoms with van der Waals surface area (Å²) < 4.78 is 0. The Morgan fingerprint density at radius 1 is 1.12 bits per heavy atom. The van der Waals surface area contributed by atoms with Gasteiger partial charge in [-0.25, -0.2) is 0 Å². The van der Waals surface area contributed by atoms with Gasteiger partial charge in [-0.1, -0.05) is 45.9 Å². The maximum atomic E-state index is 7.00. The van der Waals surface area contributed by atoms with Crippen LogP contribution in [0.4, 0.5) is 0 Å². The Morgan fingerprint density at radius 2 is 1.44 bits per heavy atom. The van der Waals surface area contributed by atoms with Crippen molar-refractivity contribution >= 4 is 11.6 Å². The molecule has 0 amide bonds. The minimum atomic E-state index is 0.567. The van der Waals surface area contributed by atoms with E-state index in [9.17, 15) is 0 Å². The SMILES string of the molecule is C=C(Cl)C1CCN(C)CC1.CC.CC.CO. The van der Waals surface area contributed by atoms with Gasteiger partial charge in [0.25, 0.3) is 0 Å². The van der Waals surface area contributed by atoms with Crippen molar-refractivity contribution in [2.75, 3.05) is 27.2 Å². The molecule has 0 atom stereocenters. The molecule has 0 aliphatic carbocycles. The van der Waals surface area contributed by atoms with Crippen molar-refractivity contribution in [2.45, 2.75) is 40.5 Å². The minimum Gasteiger partial charge on any atom is -0.400 e. The van der Waals surface area contributed by atoms with Gasteiger partial charge < -0.3 is 10.0 Å². The molecule has 0 aromatic carbocycles. The van der Waals surface area contributed by atoms with Gasteiger partial charge in [-0.05, 0) is 38.9 Å². The Labute approximate surface area is 107 Å². The highest BCUT2D eigenvalue weighted by Crippen LogP contribution is 2.24. The summed E-state index contributed by atoms with van der Waals surface area (Å²) in [6, 6.07) is 0. The van der Waals surface area contributed by atoms with E-state index in [0.29, 0.717) is 5.92 Å². The monoisotopic (exact) mass is 251 g/mol. The van der Waals surface area contributed by atoms with Gasteiger partial charge in [-0.3, -0.25) is 0 Å². The molecule has 1 N–H and O–H groups in total. The highest BCUT2D eigenvalue weighted by molar-refractivity contribution is 6.29. The van der Waals surface area contributed by atoms with Gasteiger partial charge in [0.05, 0.1) is 0 Å². The Kier molecular flexibility index (Phi) is 23.0. The fourth-order valence-corrected chi connectivity index (χ4v) is 1.54. The molecule has 0 saturated carbocycles. The molecule has 100 valence electrons. The molecule has 1 saturated heterocycles. The third-order valence-corrected chi connectivity index (χ3v) is 2.47. The van der Waals surface area contributed by atoms with Crippen molar-refractivity contribution in [3.8, 4) is 0 Å². The molecule has 0 bridgehead atoms. The standard InChI is InChI=1S/C8H14ClN.2C2H6.CH4O/c1-7(9)8-3-5-10(2)6-4-8;3*1-2/h8H,1,3-6H2,2H3;2*1-2H3;2H,1H3. The summed E-state index contributed by atoms with van der Waals surface area (Å²) in [5.74, 6) is 0.567. The molecule has 1 heterocycles. The Bertz CT molecular complexity index is 132. The highest BCUT2D eigenvalue weighted by atomic mass is 35.5. The van der Waals surface area contributed by atoms with E-state index in [4.69, 9.17) is 16.7 Å². The van der Waals surface area contributed by atoms with Crippen LogP contribution in [0.25, 0.3) is 0 Å². The number of aliphatic hydroxyl groups excluding tert-OH is 1. The molecule has 0 spiro atoms. The Morgan fingerprint density at radius 3 is 1.69 bits per heavy atom. The van der Waals surface area contributed by atoms with E-state index < -0.39 is 0 Å². The van der Waals surface area contributed by atoms with E-state index in [1.807, 2.05) is 27.7 Å². The number of likely N-dealkylation sites (tertiary alicyclic amines) is 1. The molecule has 0 aromatic heterocycles. The lowest BCUT2D eigenvalue weighted by Gasteiger charge is -2.28. The number of rotatable bonds is 1. The number of halogens is 1. The van der Waals surface area contributed by atoms with E-state index in [-0.39, 0.29) is 0 Å². The topological polar surface area (TPSA) is 23.5 Å². The molecule has 1 aliphatic heterocycles. The lowest BCUT2D eigenvalue weighted by Crippen LogP contribution is -2.30. The van der Waals surface area contributed by atoms with Crippen molar-refractivity contribution in [3.63, 3.8) is 0 Å². The average molecular weight is 252 g/mol. The van der Waals surface area contributed by atoms with Crippen LogP contribution in [0, 0.1) is 5.92 Å².